The van der Waals surface area contributed by atoms with Crippen LogP contribution in [0.3, 0.4) is 0 Å². The molecule has 162 valence electrons. The lowest BCUT2D eigenvalue weighted by molar-refractivity contribution is -0.138. The normalized spacial score (nSPS) is 26.8. The first-order valence-corrected chi connectivity index (χ1v) is 10.8. The van der Waals surface area contributed by atoms with Gasteiger partial charge in [0, 0.05) is 28.7 Å². The molecule has 2 aromatic heterocycles. The van der Waals surface area contributed by atoms with Crippen molar-refractivity contribution >= 4 is 11.8 Å². The number of H-pyrrole nitrogens is 1. The van der Waals surface area contributed by atoms with Crippen molar-refractivity contribution in [1.29, 1.82) is 5.26 Å². The van der Waals surface area contributed by atoms with Gasteiger partial charge in [-0.25, -0.2) is 0 Å². The van der Waals surface area contributed by atoms with Gasteiger partial charge in [0.15, 0.2) is 5.78 Å². The summed E-state index contributed by atoms with van der Waals surface area (Å²) >= 11 is 0. The fraction of sp³-hybridized carbons (Fsp3) is 0.375. The summed E-state index contributed by atoms with van der Waals surface area (Å²) in [5, 5.41) is 30.9. The number of carboxylic acid groups (broad SMARTS) is 1. The summed E-state index contributed by atoms with van der Waals surface area (Å²) in [6, 6.07) is 12.3. The van der Waals surface area contributed by atoms with Crippen molar-refractivity contribution in [3.8, 4) is 17.3 Å². The van der Waals surface area contributed by atoms with E-state index in [-0.39, 0.29) is 24.2 Å². The molecule has 2 N–H and O–H groups in total. The maximum Gasteiger partial charge on any atom is 0.325 e. The molecule has 1 unspecified atom stereocenters. The zero-order chi connectivity index (χ0) is 22.5. The molecule has 2 aliphatic carbocycles. The molecule has 0 spiro atoms. The Morgan fingerprint density at radius 2 is 2.16 bits per heavy atom. The number of nitrogens with zero attached hydrogens (tertiary/aromatic N) is 4. The van der Waals surface area contributed by atoms with Crippen LogP contribution >= 0.6 is 0 Å². The summed E-state index contributed by atoms with van der Waals surface area (Å²) in [5.41, 5.74) is 4.08. The van der Waals surface area contributed by atoms with Gasteiger partial charge in [0.05, 0.1) is 23.7 Å². The van der Waals surface area contributed by atoms with E-state index in [9.17, 15) is 14.9 Å². The molecular weight excluding hydrogens is 406 g/mol. The van der Waals surface area contributed by atoms with Crippen molar-refractivity contribution in [3.05, 3.63) is 59.5 Å². The molecule has 32 heavy (non-hydrogen) atoms. The van der Waals surface area contributed by atoms with Gasteiger partial charge < -0.3 is 5.11 Å². The van der Waals surface area contributed by atoms with E-state index in [0.717, 1.165) is 40.9 Å². The molecule has 1 fully saturated rings. The van der Waals surface area contributed by atoms with Crippen LogP contribution < -0.4 is 0 Å². The van der Waals surface area contributed by atoms with E-state index < -0.39 is 17.3 Å². The number of carbonyl (C=O) groups excluding carboxylic acids is 1. The Morgan fingerprint density at radius 3 is 2.88 bits per heavy atom. The van der Waals surface area contributed by atoms with Crippen LogP contribution in [0.25, 0.3) is 11.3 Å². The molecule has 1 saturated carbocycles. The predicted molar refractivity (Wildman–Crippen MR) is 114 cm³/mol. The molecule has 0 radical (unpaired) electrons. The quantitative estimate of drug-likeness (QED) is 0.657. The van der Waals surface area contributed by atoms with Crippen LogP contribution in [0, 0.1) is 29.1 Å². The monoisotopic (exact) mass is 429 g/mol. The zero-order valence-corrected chi connectivity index (χ0v) is 17.7. The SMILES string of the molecule is C[C@@H]1C(=O)C(C#N)C[C@]2(c3ccccc3)c3n[nH]c(-c4cnn(CC(=O)O)c4)c3CC[C@@H]12. The standard InChI is InChI=1S/C24H23N5O3/c1-14-19-8-7-18-21(16-11-26-29(12-16)13-20(30)31)27-28-23(18)24(19,9-15(10-25)22(14)32)17-5-3-2-4-6-17/h2-6,11-12,14-15,19H,7-9,13H2,1H3,(H,27,28)(H,30,31)/t14-,15?,19-,24+/m0/s1. The van der Waals surface area contributed by atoms with E-state index in [2.05, 4.69) is 28.4 Å². The van der Waals surface area contributed by atoms with Crippen LogP contribution in [0.1, 0.15) is 36.6 Å². The van der Waals surface area contributed by atoms with Gasteiger partial charge in [-0.15, -0.1) is 0 Å². The van der Waals surface area contributed by atoms with E-state index in [1.807, 2.05) is 25.1 Å². The Balaban J connectivity index is 1.67. The molecule has 4 atom stereocenters. The minimum Gasteiger partial charge on any atom is -0.480 e. The second-order valence-corrected chi connectivity index (χ2v) is 8.81. The lowest BCUT2D eigenvalue weighted by Gasteiger charge is -2.50. The minimum absolute atomic E-state index is 0.0261. The number of aromatic nitrogens is 4. The van der Waals surface area contributed by atoms with Gasteiger partial charge in [-0.3, -0.25) is 19.4 Å². The van der Waals surface area contributed by atoms with Crippen LogP contribution in [-0.2, 0) is 28.0 Å². The minimum atomic E-state index is -0.958. The van der Waals surface area contributed by atoms with E-state index in [1.54, 1.807) is 12.4 Å². The summed E-state index contributed by atoms with van der Waals surface area (Å²) in [6.07, 6.45) is 5.32. The number of carboxylic acids is 1. The molecule has 0 bridgehead atoms. The highest BCUT2D eigenvalue weighted by atomic mass is 16.4. The number of hydrogen-bond acceptors (Lipinski definition) is 5. The number of hydrogen-bond donors (Lipinski definition) is 2. The van der Waals surface area contributed by atoms with E-state index in [4.69, 9.17) is 10.2 Å². The number of carbonyl (C=O) groups is 2. The average Bonchev–Trinajstić information content (AvgIpc) is 3.43. The van der Waals surface area contributed by atoms with Gasteiger partial charge >= 0.3 is 5.97 Å². The predicted octanol–water partition coefficient (Wildman–Crippen LogP) is 2.95. The van der Waals surface area contributed by atoms with Gasteiger partial charge in [0.2, 0.25) is 0 Å². The van der Waals surface area contributed by atoms with Crippen LogP contribution in [0.4, 0.5) is 0 Å². The van der Waals surface area contributed by atoms with Gasteiger partial charge in [-0.2, -0.15) is 15.5 Å². The molecule has 3 aromatic rings. The molecule has 5 rings (SSSR count). The number of nitrogens with one attached hydrogen (secondary N) is 1. The van der Waals surface area contributed by atoms with E-state index in [1.165, 1.54) is 4.68 Å². The number of aliphatic carboxylic acids is 1. The van der Waals surface area contributed by atoms with E-state index >= 15 is 0 Å². The van der Waals surface area contributed by atoms with Gasteiger partial charge in [-0.1, -0.05) is 37.3 Å². The summed E-state index contributed by atoms with van der Waals surface area (Å²) < 4.78 is 1.39. The number of benzene rings is 1. The first-order chi connectivity index (χ1) is 15.5. The fourth-order valence-electron chi connectivity index (χ4n) is 5.83. The Hall–Kier alpha value is -3.73. The average molecular weight is 429 g/mol. The second-order valence-electron chi connectivity index (χ2n) is 8.81. The maximum atomic E-state index is 12.9. The highest BCUT2D eigenvalue weighted by molar-refractivity contribution is 5.87. The van der Waals surface area contributed by atoms with Crippen molar-refractivity contribution in [2.45, 2.75) is 38.1 Å². The Morgan fingerprint density at radius 1 is 1.38 bits per heavy atom. The largest absolute Gasteiger partial charge is 0.480 e. The topological polar surface area (TPSA) is 125 Å². The molecule has 2 heterocycles. The van der Waals surface area contributed by atoms with E-state index in [0.29, 0.717) is 6.42 Å². The van der Waals surface area contributed by atoms with Crippen molar-refractivity contribution in [2.75, 3.05) is 0 Å². The lowest BCUT2D eigenvalue weighted by Crippen LogP contribution is -2.52. The maximum absolute atomic E-state index is 12.9. The molecule has 8 nitrogen and oxygen atoms in total. The number of ketones is 1. The summed E-state index contributed by atoms with van der Waals surface area (Å²) in [6.45, 7) is 1.73. The van der Waals surface area contributed by atoms with Crippen LogP contribution in [0.5, 0.6) is 0 Å². The third kappa shape index (κ3) is 2.88. The highest BCUT2D eigenvalue weighted by Gasteiger charge is 2.57. The molecule has 2 aliphatic rings. The number of fused-ring (bicyclic) bond motifs is 3. The Bertz CT molecular complexity index is 1240. The summed E-state index contributed by atoms with van der Waals surface area (Å²) in [4.78, 5) is 23.9. The molecule has 0 amide bonds. The van der Waals surface area contributed by atoms with Gasteiger partial charge in [0.25, 0.3) is 0 Å². The van der Waals surface area contributed by atoms with Gasteiger partial charge in [0.1, 0.15) is 12.5 Å². The first-order valence-electron chi connectivity index (χ1n) is 10.8. The fourth-order valence-corrected chi connectivity index (χ4v) is 5.83. The summed E-state index contributed by atoms with van der Waals surface area (Å²) in [5.74, 6) is -1.79. The van der Waals surface area contributed by atoms with Crippen molar-refractivity contribution in [1.82, 2.24) is 20.0 Å². The van der Waals surface area contributed by atoms with Crippen LogP contribution in [0.2, 0.25) is 0 Å². The highest BCUT2D eigenvalue weighted by Crippen LogP contribution is 2.56. The third-order valence-electron chi connectivity index (χ3n) is 7.21. The van der Waals surface area contributed by atoms with Crippen molar-refractivity contribution < 1.29 is 14.7 Å². The summed E-state index contributed by atoms with van der Waals surface area (Å²) in [7, 11) is 0. The molecule has 0 saturated heterocycles. The number of nitriles is 1. The second kappa shape index (κ2) is 7.45. The van der Waals surface area contributed by atoms with Crippen molar-refractivity contribution in [2.24, 2.45) is 17.8 Å². The van der Waals surface area contributed by atoms with Gasteiger partial charge in [-0.05, 0) is 30.7 Å². The van der Waals surface area contributed by atoms with Crippen LogP contribution in [-0.4, -0.2) is 36.8 Å². The molecular formula is C24H23N5O3. The van der Waals surface area contributed by atoms with Crippen LogP contribution in [0.15, 0.2) is 42.7 Å². The Kier molecular flexibility index (Phi) is 4.70. The molecule has 8 heteroatoms. The first kappa shape index (κ1) is 20.2. The van der Waals surface area contributed by atoms with Crippen molar-refractivity contribution in [3.63, 3.8) is 0 Å². The third-order valence-corrected chi connectivity index (χ3v) is 7.21. The number of aromatic amines is 1. The molecule has 0 aliphatic heterocycles. The zero-order valence-electron chi connectivity index (χ0n) is 17.7. The number of rotatable bonds is 4. The number of Topliss-reactive ketones (excluding diaryl/α,β-unsaturated/α-hetero) is 1. The smallest absolute Gasteiger partial charge is 0.325 e. The Labute approximate surface area is 184 Å². The molecule has 1 aromatic carbocycles. The lowest BCUT2D eigenvalue weighted by atomic mass is 9.51.